The summed E-state index contributed by atoms with van der Waals surface area (Å²) < 4.78 is 6.64. The molecule has 0 aliphatic heterocycles. The van der Waals surface area contributed by atoms with Gasteiger partial charge in [0.15, 0.2) is 17.5 Å². The lowest BCUT2D eigenvalue weighted by molar-refractivity contribution is 0.670. The molecule has 0 spiro atoms. The summed E-state index contributed by atoms with van der Waals surface area (Å²) in [5, 5.41) is 6.71. The summed E-state index contributed by atoms with van der Waals surface area (Å²) in [5.41, 5.74) is 6.74. The van der Waals surface area contributed by atoms with Crippen molar-refractivity contribution in [3.63, 3.8) is 0 Å². The van der Waals surface area contributed by atoms with Crippen LogP contribution in [0.4, 0.5) is 0 Å². The van der Waals surface area contributed by atoms with Gasteiger partial charge in [-0.2, -0.15) is 0 Å². The van der Waals surface area contributed by atoms with E-state index in [1.54, 1.807) is 0 Å². The highest BCUT2D eigenvalue weighted by Crippen LogP contribution is 2.42. The van der Waals surface area contributed by atoms with Crippen LogP contribution in [-0.4, -0.2) is 15.0 Å². The molecule has 1 aliphatic rings. The number of aromatic nitrogens is 3. The fraction of sp³-hybridized carbons (Fsp3) is 0.0488. The van der Waals surface area contributed by atoms with E-state index in [1.807, 2.05) is 12.1 Å². The molecule has 6 aromatic carbocycles. The number of benzene rings is 6. The van der Waals surface area contributed by atoms with Crippen molar-refractivity contribution in [1.82, 2.24) is 15.0 Å². The Bertz CT molecular complexity index is 2500. The summed E-state index contributed by atoms with van der Waals surface area (Å²) in [5.74, 6) is 1.97. The average Bonchev–Trinajstić information content (AvgIpc) is 3.51. The molecule has 0 saturated carbocycles. The van der Waals surface area contributed by atoms with Crippen molar-refractivity contribution in [1.29, 1.82) is 0 Å². The van der Waals surface area contributed by atoms with Crippen molar-refractivity contribution in [2.75, 3.05) is 0 Å². The maximum absolute atomic E-state index is 6.64. The molecule has 0 unspecified atom stereocenters. The maximum atomic E-state index is 6.64. The van der Waals surface area contributed by atoms with Crippen molar-refractivity contribution in [2.45, 2.75) is 12.8 Å². The molecule has 0 bridgehead atoms. The Kier molecular flexibility index (Phi) is 5.91. The second kappa shape index (κ2) is 10.4. The zero-order valence-electron chi connectivity index (χ0n) is 24.4. The van der Waals surface area contributed by atoms with Crippen LogP contribution in [0.5, 0.6) is 0 Å². The molecular formula is C41H27N3O. The first-order valence-electron chi connectivity index (χ1n) is 15.4. The van der Waals surface area contributed by atoms with Gasteiger partial charge in [-0.1, -0.05) is 115 Å². The van der Waals surface area contributed by atoms with Crippen molar-refractivity contribution in [2.24, 2.45) is 0 Å². The van der Waals surface area contributed by atoms with Crippen molar-refractivity contribution in [3.8, 4) is 33.9 Å². The molecule has 0 atom stereocenters. The van der Waals surface area contributed by atoms with Crippen LogP contribution in [0.25, 0.3) is 83.0 Å². The van der Waals surface area contributed by atoms with E-state index in [0.717, 1.165) is 73.4 Å². The first-order chi connectivity index (χ1) is 22.3. The first-order valence-corrected chi connectivity index (χ1v) is 15.4. The summed E-state index contributed by atoms with van der Waals surface area (Å²) in [6, 6.07) is 42.2. The second-order valence-corrected chi connectivity index (χ2v) is 11.5. The Morgan fingerprint density at radius 3 is 2.09 bits per heavy atom. The number of para-hydroxylation sites is 1. The minimum Gasteiger partial charge on any atom is -0.455 e. The number of hydrogen-bond donors (Lipinski definition) is 0. The largest absolute Gasteiger partial charge is 0.455 e. The van der Waals surface area contributed by atoms with E-state index in [-0.39, 0.29) is 0 Å². The van der Waals surface area contributed by atoms with Gasteiger partial charge in [-0.05, 0) is 64.2 Å². The predicted octanol–water partition coefficient (Wildman–Crippen LogP) is 10.8. The van der Waals surface area contributed by atoms with Gasteiger partial charge in [0.25, 0.3) is 0 Å². The quantitative estimate of drug-likeness (QED) is 0.209. The molecule has 2 heterocycles. The molecule has 0 N–H and O–H groups in total. The molecule has 9 rings (SSSR count). The molecule has 0 radical (unpaired) electrons. The van der Waals surface area contributed by atoms with Crippen LogP contribution in [0.15, 0.2) is 144 Å². The monoisotopic (exact) mass is 577 g/mol. The lowest BCUT2D eigenvalue weighted by Crippen LogP contribution is -2.03. The molecule has 45 heavy (non-hydrogen) atoms. The third kappa shape index (κ3) is 4.34. The highest BCUT2D eigenvalue weighted by molar-refractivity contribution is 6.16. The maximum Gasteiger partial charge on any atom is 0.164 e. The van der Waals surface area contributed by atoms with E-state index in [4.69, 9.17) is 19.4 Å². The SMILES string of the molecule is C1=CC(c2nc(-c3cccc4ccccc34)nc(-c3ccc(-c4ccc5ccccc5c4)c4oc5ccccc5c34)n2)=CCC1. The van der Waals surface area contributed by atoms with Gasteiger partial charge in [0.2, 0.25) is 0 Å². The first kappa shape index (κ1) is 25.6. The number of nitrogens with zero attached hydrogens (tertiary/aromatic N) is 3. The van der Waals surface area contributed by atoms with E-state index >= 15 is 0 Å². The number of hydrogen-bond acceptors (Lipinski definition) is 4. The van der Waals surface area contributed by atoms with Gasteiger partial charge in [-0.3, -0.25) is 0 Å². The van der Waals surface area contributed by atoms with Crippen LogP contribution >= 0.6 is 0 Å². The Morgan fingerprint density at radius 1 is 0.511 bits per heavy atom. The third-order valence-corrected chi connectivity index (χ3v) is 8.75. The predicted molar refractivity (Wildman–Crippen MR) is 185 cm³/mol. The molecular weight excluding hydrogens is 550 g/mol. The van der Waals surface area contributed by atoms with Crippen LogP contribution in [0.3, 0.4) is 0 Å². The minimum atomic E-state index is 0.629. The number of fused-ring (bicyclic) bond motifs is 5. The molecule has 212 valence electrons. The van der Waals surface area contributed by atoms with Gasteiger partial charge in [0, 0.05) is 33.0 Å². The van der Waals surface area contributed by atoms with Crippen molar-refractivity contribution < 1.29 is 4.42 Å². The third-order valence-electron chi connectivity index (χ3n) is 8.75. The van der Waals surface area contributed by atoms with Gasteiger partial charge < -0.3 is 4.42 Å². The van der Waals surface area contributed by atoms with Gasteiger partial charge in [-0.15, -0.1) is 0 Å². The molecule has 0 fully saturated rings. The zero-order chi connectivity index (χ0) is 29.7. The highest BCUT2D eigenvalue weighted by atomic mass is 16.3. The standard InChI is InChI=1S/C41H27N3O/c1-2-13-28(14-3-1)39-42-40(33-19-10-16-27-12-6-7-17-31(27)33)44-41(43-39)35-24-23-32(30-22-21-26-11-4-5-15-29(26)25-30)38-37(35)34-18-8-9-20-36(34)45-38/h2,4-25H,1,3H2. The Labute approximate surface area is 260 Å². The highest BCUT2D eigenvalue weighted by Gasteiger charge is 2.21. The molecule has 1 aliphatic carbocycles. The van der Waals surface area contributed by atoms with E-state index in [0.29, 0.717) is 17.5 Å². The van der Waals surface area contributed by atoms with Crippen molar-refractivity contribution >= 4 is 49.1 Å². The molecule has 0 amide bonds. The Balaban J connectivity index is 1.32. The average molecular weight is 578 g/mol. The van der Waals surface area contributed by atoms with Gasteiger partial charge in [0.05, 0.1) is 0 Å². The van der Waals surface area contributed by atoms with Crippen LogP contribution in [0.2, 0.25) is 0 Å². The van der Waals surface area contributed by atoms with Crippen LogP contribution in [0.1, 0.15) is 18.7 Å². The van der Waals surface area contributed by atoms with Gasteiger partial charge in [0.1, 0.15) is 11.2 Å². The van der Waals surface area contributed by atoms with Crippen LogP contribution < -0.4 is 0 Å². The lowest BCUT2D eigenvalue weighted by atomic mass is 9.96. The van der Waals surface area contributed by atoms with Crippen LogP contribution in [0, 0.1) is 0 Å². The summed E-state index contributed by atoms with van der Waals surface area (Å²) in [6.07, 6.45) is 8.53. The van der Waals surface area contributed by atoms with Gasteiger partial charge in [-0.25, -0.2) is 15.0 Å². The smallest absolute Gasteiger partial charge is 0.164 e. The number of rotatable bonds is 4. The summed E-state index contributed by atoms with van der Waals surface area (Å²) in [4.78, 5) is 15.4. The van der Waals surface area contributed by atoms with E-state index in [2.05, 4.69) is 127 Å². The summed E-state index contributed by atoms with van der Waals surface area (Å²) in [6.45, 7) is 0. The van der Waals surface area contributed by atoms with E-state index in [9.17, 15) is 0 Å². The zero-order valence-corrected chi connectivity index (χ0v) is 24.4. The molecule has 2 aromatic heterocycles. The topological polar surface area (TPSA) is 51.8 Å². The lowest BCUT2D eigenvalue weighted by Gasteiger charge is -2.13. The number of furan rings is 1. The van der Waals surface area contributed by atoms with Gasteiger partial charge >= 0.3 is 0 Å². The molecule has 0 saturated heterocycles. The number of allylic oxidation sites excluding steroid dienone is 4. The summed E-state index contributed by atoms with van der Waals surface area (Å²) in [7, 11) is 0. The van der Waals surface area contributed by atoms with E-state index in [1.165, 1.54) is 10.8 Å². The fourth-order valence-electron chi connectivity index (χ4n) is 6.54. The molecule has 4 nitrogen and oxygen atoms in total. The second-order valence-electron chi connectivity index (χ2n) is 11.5. The summed E-state index contributed by atoms with van der Waals surface area (Å²) >= 11 is 0. The molecule has 8 aromatic rings. The normalized spacial score (nSPS) is 13.2. The fourth-order valence-corrected chi connectivity index (χ4v) is 6.54. The minimum absolute atomic E-state index is 0.629. The Hall–Kier alpha value is -5.87. The van der Waals surface area contributed by atoms with Crippen LogP contribution in [-0.2, 0) is 0 Å². The molecule has 4 heteroatoms. The van der Waals surface area contributed by atoms with E-state index < -0.39 is 0 Å². The van der Waals surface area contributed by atoms with Crippen molar-refractivity contribution in [3.05, 3.63) is 145 Å². The Morgan fingerprint density at radius 2 is 1.22 bits per heavy atom.